The monoisotopic (exact) mass is 870 g/mol. The molecule has 3 heterocycles. The molecule has 0 fully saturated rings. The van der Waals surface area contributed by atoms with Gasteiger partial charge in [-0.25, -0.2) is 15.0 Å². The van der Waals surface area contributed by atoms with Gasteiger partial charge in [-0.3, -0.25) is 0 Å². The topological polar surface area (TPSA) is 43.6 Å². The summed E-state index contributed by atoms with van der Waals surface area (Å²) in [5.74, 6) is 1.88. The van der Waals surface area contributed by atoms with Gasteiger partial charge in [0.1, 0.15) is 0 Å². The zero-order valence-electron chi connectivity index (χ0n) is 36.1. The summed E-state index contributed by atoms with van der Waals surface area (Å²) in [4.78, 5) is 18.1. The summed E-state index contributed by atoms with van der Waals surface area (Å²) in [6.07, 6.45) is 0. The van der Waals surface area contributed by atoms with Gasteiger partial charge in [0.2, 0.25) is 0 Å². The van der Waals surface area contributed by atoms with Gasteiger partial charge >= 0.3 is 0 Å². The van der Waals surface area contributed by atoms with E-state index in [0.29, 0.717) is 17.5 Å². The summed E-state index contributed by atoms with van der Waals surface area (Å²) >= 11 is 1.89. The maximum Gasteiger partial charge on any atom is 0.164 e. The summed E-state index contributed by atoms with van der Waals surface area (Å²) in [5.41, 5.74) is 15.8. The Morgan fingerprint density at radius 2 is 0.896 bits per heavy atom. The molecule has 1 spiro atoms. The molecule has 0 atom stereocenters. The molecular weight excluding hydrogens is 833 g/mol. The minimum atomic E-state index is -0.502. The highest BCUT2D eigenvalue weighted by molar-refractivity contribution is 7.99. The van der Waals surface area contributed by atoms with Gasteiger partial charge in [0.15, 0.2) is 17.5 Å². The number of rotatable bonds is 5. The first-order valence-corrected chi connectivity index (χ1v) is 23.6. The molecule has 1 aliphatic carbocycles. The van der Waals surface area contributed by atoms with E-state index in [4.69, 9.17) is 15.0 Å². The van der Waals surface area contributed by atoms with Crippen molar-refractivity contribution in [3.8, 4) is 62.1 Å². The van der Waals surface area contributed by atoms with E-state index in [2.05, 4.69) is 211 Å². The Bertz CT molecular complexity index is 3900. The number of hydrogen-bond acceptors (Lipinski definition) is 4. The van der Waals surface area contributed by atoms with Crippen molar-refractivity contribution >= 4 is 44.3 Å². The van der Waals surface area contributed by atoms with Crippen LogP contribution in [0.25, 0.3) is 94.7 Å². The van der Waals surface area contributed by atoms with E-state index in [1.54, 1.807) is 0 Å². The van der Waals surface area contributed by atoms with E-state index in [1.165, 1.54) is 70.3 Å². The van der Waals surface area contributed by atoms with Crippen LogP contribution in [0.2, 0.25) is 0 Å². The number of aromatic nitrogens is 4. The van der Waals surface area contributed by atoms with Crippen molar-refractivity contribution in [3.63, 3.8) is 0 Å². The largest absolute Gasteiger partial charge is 0.309 e. The Kier molecular flexibility index (Phi) is 8.40. The normalized spacial score (nSPS) is 13.1. The van der Waals surface area contributed by atoms with Crippen LogP contribution in [0.3, 0.4) is 0 Å². The first-order chi connectivity index (χ1) is 33.2. The van der Waals surface area contributed by atoms with Gasteiger partial charge in [0.25, 0.3) is 0 Å². The molecule has 1 aliphatic heterocycles. The summed E-state index contributed by atoms with van der Waals surface area (Å²) in [6.45, 7) is 0. The van der Waals surface area contributed by atoms with E-state index in [1.807, 2.05) is 36.0 Å². The first kappa shape index (κ1) is 37.9. The van der Waals surface area contributed by atoms with Gasteiger partial charge in [-0.1, -0.05) is 206 Å². The Morgan fingerprint density at radius 3 is 1.63 bits per heavy atom. The Hall–Kier alpha value is -8.38. The molecule has 0 N–H and O–H groups in total. The van der Waals surface area contributed by atoms with Gasteiger partial charge in [-0.15, -0.1) is 0 Å². The average Bonchev–Trinajstić information content (AvgIpc) is 3.89. The third-order valence-corrected chi connectivity index (χ3v) is 15.0. The third-order valence-electron chi connectivity index (χ3n) is 13.9. The van der Waals surface area contributed by atoms with Crippen LogP contribution in [-0.4, -0.2) is 19.5 Å². The van der Waals surface area contributed by atoms with E-state index >= 15 is 0 Å². The molecule has 5 heteroatoms. The maximum absolute atomic E-state index is 5.23. The minimum Gasteiger partial charge on any atom is -0.309 e. The van der Waals surface area contributed by atoms with Crippen molar-refractivity contribution in [1.29, 1.82) is 0 Å². The first-order valence-electron chi connectivity index (χ1n) is 22.8. The molecule has 10 aromatic carbocycles. The Labute approximate surface area is 391 Å². The van der Waals surface area contributed by atoms with Gasteiger partial charge in [-0.2, -0.15) is 0 Å². The van der Waals surface area contributed by atoms with Crippen molar-refractivity contribution in [2.75, 3.05) is 0 Å². The zero-order chi connectivity index (χ0) is 44.1. The lowest BCUT2D eigenvalue weighted by Gasteiger charge is -2.39. The fourth-order valence-corrected chi connectivity index (χ4v) is 12.2. The van der Waals surface area contributed by atoms with Crippen LogP contribution >= 0.6 is 11.8 Å². The summed E-state index contributed by atoms with van der Waals surface area (Å²) < 4.78 is 2.47. The number of hydrogen-bond donors (Lipinski definition) is 0. The second-order valence-electron chi connectivity index (χ2n) is 17.5. The average molecular weight is 871 g/mol. The lowest BCUT2D eigenvalue weighted by atomic mass is 9.67. The maximum atomic E-state index is 5.23. The van der Waals surface area contributed by atoms with E-state index in [-0.39, 0.29) is 0 Å². The van der Waals surface area contributed by atoms with E-state index in [9.17, 15) is 0 Å². The van der Waals surface area contributed by atoms with Crippen molar-refractivity contribution in [2.24, 2.45) is 0 Å². The van der Waals surface area contributed by atoms with Crippen molar-refractivity contribution in [2.45, 2.75) is 15.2 Å². The molecule has 12 aromatic rings. The summed E-state index contributed by atoms with van der Waals surface area (Å²) in [5, 5.41) is 4.93. The molecule has 4 nitrogen and oxygen atoms in total. The number of nitrogens with zero attached hydrogens (tertiary/aromatic N) is 4. The molecule has 2 aromatic heterocycles. The summed E-state index contributed by atoms with van der Waals surface area (Å²) in [7, 11) is 0. The molecule has 0 bridgehead atoms. The number of benzene rings is 10. The van der Waals surface area contributed by atoms with Crippen LogP contribution in [0, 0.1) is 0 Å². The zero-order valence-corrected chi connectivity index (χ0v) is 37.0. The van der Waals surface area contributed by atoms with Gasteiger partial charge in [0.05, 0.1) is 16.4 Å². The van der Waals surface area contributed by atoms with Crippen LogP contribution in [0.1, 0.15) is 22.3 Å². The predicted octanol–water partition coefficient (Wildman–Crippen LogP) is 15.6. The predicted molar refractivity (Wildman–Crippen MR) is 275 cm³/mol. The Morgan fingerprint density at radius 1 is 0.343 bits per heavy atom. The second kappa shape index (κ2) is 14.8. The SMILES string of the molecule is c1ccc(-c2ccc(-c3nc(-c4ccccc4)nc(-c4cccc(-n5c6cc7c(cc6c6c8ccccc8ccc65)Sc5ccccc5C75c6ccccc6-c6ccccc65)c4)n3)cc2)cc1. The van der Waals surface area contributed by atoms with E-state index in [0.717, 1.165) is 39.0 Å². The molecule has 0 amide bonds. The van der Waals surface area contributed by atoms with E-state index < -0.39 is 5.41 Å². The van der Waals surface area contributed by atoms with Crippen LogP contribution in [0.15, 0.2) is 240 Å². The molecule has 67 heavy (non-hydrogen) atoms. The lowest BCUT2D eigenvalue weighted by Crippen LogP contribution is -2.32. The lowest BCUT2D eigenvalue weighted by molar-refractivity contribution is 0.724. The highest BCUT2D eigenvalue weighted by Gasteiger charge is 2.50. The third kappa shape index (κ3) is 5.71. The van der Waals surface area contributed by atoms with Crippen LogP contribution in [0.4, 0.5) is 0 Å². The highest BCUT2D eigenvalue weighted by atomic mass is 32.2. The van der Waals surface area contributed by atoms with Crippen LogP contribution < -0.4 is 0 Å². The van der Waals surface area contributed by atoms with Gasteiger partial charge < -0.3 is 4.57 Å². The molecule has 14 rings (SSSR count). The molecule has 0 unspecified atom stereocenters. The van der Waals surface area contributed by atoms with Crippen molar-refractivity contribution in [1.82, 2.24) is 19.5 Å². The molecular formula is C62H38N4S. The summed E-state index contributed by atoms with van der Waals surface area (Å²) in [6, 6.07) is 83.4. The molecule has 0 saturated carbocycles. The smallest absolute Gasteiger partial charge is 0.164 e. The second-order valence-corrected chi connectivity index (χ2v) is 18.6. The highest BCUT2D eigenvalue weighted by Crippen LogP contribution is 2.63. The Balaban J connectivity index is 1.01. The molecule has 2 aliphatic rings. The van der Waals surface area contributed by atoms with Crippen molar-refractivity contribution < 1.29 is 0 Å². The van der Waals surface area contributed by atoms with Crippen LogP contribution in [0.5, 0.6) is 0 Å². The molecule has 312 valence electrons. The van der Waals surface area contributed by atoms with Crippen molar-refractivity contribution in [3.05, 3.63) is 253 Å². The minimum absolute atomic E-state index is 0.502. The molecule has 0 saturated heterocycles. The standard InChI is InChI=1S/C62H38N4S/c1-3-16-39(17-4-1)40-30-32-43(33-31-40)60-63-59(42-19-5-2-6-20-42)64-61(65-60)44-21-15-22-45(36-44)66-54-35-34-41-18-7-8-23-46(41)58(54)49-37-57-53(38-55(49)66)62(52-28-13-14-29-56(52)67-57)50-26-11-9-24-47(50)48-25-10-12-27-51(48)62/h1-38H. The van der Waals surface area contributed by atoms with Gasteiger partial charge in [0, 0.05) is 42.9 Å². The molecule has 0 radical (unpaired) electrons. The van der Waals surface area contributed by atoms with Gasteiger partial charge in [-0.05, 0) is 91.7 Å². The quantitative estimate of drug-likeness (QED) is 0.173. The van der Waals surface area contributed by atoms with Crippen LogP contribution in [-0.2, 0) is 5.41 Å². The fourth-order valence-electron chi connectivity index (χ4n) is 11.0. The number of fused-ring (bicyclic) bond motifs is 14. The fraction of sp³-hybridized carbons (Fsp3) is 0.0161.